The van der Waals surface area contributed by atoms with E-state index in [9.17, 15) is 9.90 Å². The topological polar surface area (TPSA) is 60.8 Å². The molecule has 1 aliphatic rings. The number of carbonyl (C=O) groups excluding carboxylic acids is 1. The lowest BCUT2D eigenvalue weighted by molar-refractivity contribution is -0.141. The first kappa shape index (κ1) is 14.2. The van der Waals surface area contributed by atoms with Crippen molar-refractivity contribution in [1.29, 1.82) is 0 Å². The summed E-state index contributed by atoms with van der Waals surface area (Å²) in [5.41, 5.74) is 0.485. The van der Waals surface area contributed by atoms with E-state index in [0.29, 0.717) is 19.4 Å². The summed E-state index contributed by atoms with van der Waals surface area (Å²) in [4.78, 5) is 13.4. The maximum Gasteiger partial charge on any atom is 0.219 e. The first-order chi connectivity index (χ1) is 7.85. The number of hydrogen-bond acceptors (Lipinski definition) is 3. The molecule has 0 radical (unpaired) electrons. The van der Waals surface area contributed by atoms with Gasteiger partial charge < -0.3 is 15.1 Å². The lowest BCUT2D eigenvalue weighted by Crippen LogP contribution is -2.55. The molecule has 0 unspecified atom stereocenters. The van der Waals surface area contributed by atoms with Crippen molar-refractivity contribution < 1.29 is 15.0 Å². The lowest BCUT2D eigenvalue weighted by Gasteiger charge is -2.46. The van der Waals surface area contributed by atoms with Gasteiger partial charge in [0.25, 0.3) is 0 Å². The Morgan fingerprint density at radius 1 is 1.47 bits per heavy atom. The van der Waals surface area contributed by atoms with E-state index in [2.05, 4.69) is 0 Å². The van der Waals surface area contributed by atoms with Gasteiger partial charge in [0.05, 0.1) is 12.2 Å². The Morgan fingerprint density at radius 3 is 2.47 bits per heavy atom. The van der Waals surface area contributed by atoms with Crippen molar-refractivity contribution in [3.8, 4) is 0 Å². The number of carbonyl (C=O) groups is 1. The van der Waals surface area contributed by atoms with E-state index < -0.39 is 5.60 Å². The fourth-order valence-electron chi connectivity index (χ4n) is 2.33. The SMILES string of the molecule is CC(=O)N(CC/C(C)=C\CO)C1CC(C)(O)C1. The summed E-state index contributed by atoms with van der Waals surface area (Å²) in [7, 11) is 0. The molecule has 0 aromatic rings. The van der Waals surface area contributed by atoms with Crippen molar-refractivity contribution in [3.05, 3.63) is 11.6 Å². The highest BCUT2D eigenvalue weighted by Crippen LogP contribution is 2.35. The number of aliphatic hydroxyl groups excluding tert-OH is 1. The molecule has 0 bridgehead atoms. The molecule has 0 aromatic heterocycles. The maximum absolute atomic E-state index is 11.5. The Morgan fingerprint density at radius 2 is 2.06 bits per heavy atom. The smallest absolute Gasteiger partial charge is 0.219 e. The largest absolute Gasteiger partial charge is 0.392 e. The Hall–Kier alpha value is -0.870. The molecule has 0 saturated heterocycles. The molecular formula is C13H23NO3. The zero-order chi connectivity index (χ0) is 13.1. The van der Waals surface area contributed by atoms with E-state index in [0.717, 1.165) is 12.0 Å². The fraction of sp³-hybridized carbons (Fsp3) is 0.769. The van der Waals surface area contributed by atoms with Gasteiger partial charge in [-0.1, -0.05) is 11.6 Å². The van der Waals surface area contributed by atoms with Gasteiger partial charge in [0.2, 0.25) is 5.91 Å². The fourth-order valence-corrected chi connectivity index (χ4v) is 2.33. The van der Waals surface area contributed by atoms with Crippen LogP contribution in [0.5, 0.6) is 0 Å². The van der Waals surface area contributed by atoms with E-state index in [4.69, 9.17) is 5.11 Å². The molecule has 2 N–H and O–H groups in total. The second-order valence-electron chi connectivity index (χ2n) is 5.25. The van der Waals surface area contributed by atoms with Gasteiger partial charge in [0.15, 0.2) is 0 Å². The van der Waals surface area contributed by atoms with Crippen LogP contribution in [-0.4, -0.2) is 45.8 Å². The quantitative estimate of drug-likeness (QED) is 0.708. The monoisotopic (exact) mass is 241 g/mol. The minimum atomic E-state index is -0.603. The van der Waals surface area contributed by atoms with Crippen LogP contribution >= 0.6 is 0 Å². The summed E-state index contributed by atoms with van der Waals surface area (Å²) in [5.74, 6) is 0.0577. The van der Waals surface area contributed by atoms with Gasteiger partial charge in [-0.05, 0) is 33.1 Å². The summed E-state index contributed by atoms with van der Waals surface area (Å²) in [6.07, 6.45) is 3.86. The Labute approximate surface area is 103 Å². The van der Waals surface area contributed by atoms with Crippen molar-refractivity contribution in [1.82, 2.24) is 4.90 Å². The summed E-state index contributed by atoms with van der Waals surface area (Å²) < 4.78 is 0. The standard InChI is InChI=1S/C13H23NO3/c1-10(5-7-15)4-6-14(11(2)16)12-8-13(3,17)9-12/h5,12,15,17H,4,6-9H2,1-3H3/b10-5-. The summed E-state index contributed by atoms with van der Waals surface area (Å²) in [6.45, 7) is 6.03. The van der Waals surface area contributed by atoms with Gasteiger partial charge >= 0.3 is 0 Å². The molecule has 1 rings (SSSR count). The minimum absolute atomic E-state index is 0.0457. The lowest BCUT2D eigenvalue weighted by atomic mass is 9.76. The predicted molar refractivity (Wildman–Crippen MR) is 66.5 cm³/mol. The number of amides is 1. The first-order valence-corrected chi connectivity index (χ1v) is 6.12. The van der Waals surface area contributed by atoms with Gasteiger partial charge in [-0.2, -0.15) is 0 Å². The molecule has 1 fully saturated rings. The Kier molecular flexibility index (Phi) is 4.71. The van der Waals surface area contributed by atoms with E-state index in [-0.39, 0.29) is 18.6 Å². The molecule has 17 heavy (non-hydrogen) atoms. The first-order valence-electron chi connectivity index (χ1n) is 6.12. The van der Waals surface area contributed by atoms with E-state index in [1.807, 2.05) is 11.8 Å². The van der Waals surface area contributed by atoms with Crippen LogP contribution in [0, 0.1) is 0 Å². The molecule has 1 amide bonds. The van der Waals surface area contributed by atoms with Crippen molar-refractivity contribution in [2.24, 2.45) is 0 Å². The normalized spacial score (nSPS) is 28.8. The van der Waals surface area contributed by atoms with Crippen LogP contribution < -0.4 is 0 Å². The van der Waals surface area contributed by atoms with Crippen LogP contribution in [0.4, 0.5) is 0 Å². The minimum Gasteiger partial charge on any atom is -0.392 e. The molecule has 0 atom stereocenters. The maximum atomic E-state index is 11.5. The molecule has 4 heteroatoms. The predicted octanol–water partition coefficient (Wildman–Crippen LogP) is 1.08. The average Bonchev–Trinajstić information content (AvgIpc) is 2.14. The van der Waals surface area contributed by atoms with E-state index in [1.165, 1.54) is 0 Å². The molecule has 4 nitrogen and oxygen atoms in total. The Bertz CT molecular complexity index is 302. The summed E-state index contributed by atoms with van der Waals surface area (Å²) >= 11 is 0. The highest BCUT2D eigenvalue weighted by Gasteiger charge is 2.42. The summed E-state index contributed by atoms with van der Waals surface area (Å²) in [5, 5.41) is 18.4. The van der Waals surface area contributed by atoms with Crippen LogP contribution in [-0.2, 0) is 4.79 Å². The number of nitrogens with zero attached hydrogens (tertiary/aromatic N) is 1. The number of aliphatic hydroxyl groups is 2. The summed E-state index contributed by atoms with van der Waals surface area (Å²) in [6, 6.07) is 0.171. The van der Waals surface area contributed by atoms with Crippen molar-refractivity contribution in [3.63, 3.8) is 0 Å². The average molecular weight is 241 g/mol. The zero-order valence-electron chi connectivity index (χ0n) is 10.9. The van der Waals surface area contributed by atoms with Crippen molar-refractivity contribution in [2.45, 2.75) is 51.7 Å². The van der Waals surface area contributed by atoms with Gasteiger partial charge in [-0.3, -0.25) is 4.79 Å². The zero-order valence-corrected chi connectivity index (χ0v) is 10.9. The number of rotatable bonds is 5. The molecule has 0 spiro atoms. The van der Waals surface area contributed by atoms with Gasteiger partial charge in [0, 0.05) is 19.5 Å². The van der Waals surface area contributed by atoms with Gasteiger partial charge in [-0.25, -0.2) is 0 Å². The van der Waals surface area contributed by atoms with Gasteiger partial charge in [0.1, 0.15) is 0 Å². The van der Waals surface area contributed by atoms with Crippen molar-refractivity contribution >= 4 is 5.91 Å². The molecule has 98 valence electrons. The van der Waals surface area contributed by atoms with Crippen LogP contribution in [0.3, 0.4) is 0 Å². The molecule has 1 aliphatic carbocycles. The van der Waals surface area contributed by atoms with E-state index in [1.54, 1.807) is 19.9 Å². The number of hydrogen-bond donors (Lipinski definition) is 2. The molecular weight excluding hydrogens is 218 g/mol. The third-order valence-electron chi connectivity index (χ3n) is 3.38. The highest BCUT2D eigenvalue weighted by atomic mass is 16.3. The van der Waals surface area contributed by atoms with Crippen LogP contribution in [0.1, 0.15) is 40.0 Å². The second kappa shape index (κ2) is 5.65. The van der Waals surface area contributed by atoms with Crippen LogP contribution in [0.2, 0.25) is 0 Å². The third kappa shape index (κ3) is 4.13. The molecule has 0 aromatic carbocycles. The van der Waals surface area contributed by atoms with E-state index >= 15 is 0 Å². The molecule has 1 saturated carbocycles. The second-order valence-corrected chi connectivity index (χ2v) is 5.25. The van der Waals surface area contributed by atoms with Crippen LogP contribution in [0.15, 0.2) is 11.6 Å². The third-order valence-corrected chi connectivity index (χ3v) is 3.38. The Balaban J connectivity index is 2.46. The highest BCUT2D eigenvalue weighted by molar-refractivity contribution is 5.73. The molecule has 0 heterocycles. The van der Waals surface area contributed by atoms with Gasteiger partial charge in [-0.15, -0.1) is 0 Å². The van der Waals surface area contributed by atoms with Crippen molar-refractivity contribution in [2.75, 3.05) is 13.2 Å². The van der Waals surface area contributed by atoms with Crippen LogP contribution in [0.25, 0.3) is 0 Å². The molecule has 0 aliphatic heterocycles.